The summed E-state index contributed by atoms with van der Waals surface area (Å²) >= 11 is 6.01. The smallest absolute Gasteiger partial charge is 0.407 e. The number of pyridine rings is 1. The first-order valence-corrected chi connectivity index (χ1v) is 7.22. The summed E-state index contributed by atoms with van der Waals surface area (Å²) in [6.07, 6.45) is 1.84. The van der Waals surface area contributed by atoms with Crippen molar-refractivity contribution in [3.63, 3.8) is 0 Å². The first-order chi connectivity index (χ1) is 11.1. The normalized spacial score (nSPS) is 11.5. The molecule has 0 saturated carbocycles. The molecule has 0 unspecified atom stereocenters. The summed E-state index contributed by atoms with van der Waals surface area (Å²) in [4.78, 5) is 26.8. The molecule has 2 rings (SSSR count). The predicted molar refractivity (Wildman–Crippen MR) is 84.0 cm³/mol. The standard InChI is InChI=1S/C16H15ClN2O4/c17-13-9-18-7-6-12(13)14(8-15(20)21)19-16(22)23-10-11-4-2-1-3-5-11/h1-7,9,14H,8,10H2,(H,19,22)(H,20,21)/t14-/m1/s1. The topological polar surface area (TPSA) is 88.5 Å². The van der Waals surface area contributed by atoms with Crippen molar-refractivity contribution in [2.75, 3.05) is 0 Å². The van der Waals surface area contributed by atoms with E-state index in [2.05, 4.69) is 10.3 Å². The zero-order valence-corrected chi connectivity index (χ0v) is 12.9. The molecular weight excluding hydrogens is 320 g/mol. The van der Waals surface area contributed by atoms with E-state index in [0.717, 1.165) is 5.56 Å². The number of hydrogen-bond donors (Lipinski definition) is 2. The van der Waals surface area contributed by atoms with Gasteiger partial charge in [-0.2, -0.15) is 0 Å². The van der Waals surface area contributed by atoms with E-state index in [1.165, 1.54) is 12.4 Å². The van der Waals surface area contributed by atoms with Crippen molar-refractivity contribution in [2.24, 2.45) is 0 Å². The fourth-order valence-corrected chi connectivity index (χ4v) is 2.24. The average Bonchev–Trinajstić information content (AvgIpc) is 2.53. The molecule has 0 aliphatic rings. The lowest BCUT2D eigenvalue weighted by atomic mass is 10.1. The summed E-state index contributed by atoms with van der Waals surface area (Å²) in [6, 6.07) is 9.93. The van der Waals surface area contributed by atoms with Gasteiger partial charge in [0.1, 0.15) is 6.61 Å². The number of aliphatic carboxylic acids is 1. The minimum atomic E-state index is -1.06. The quantitative estimate of drug-likeness (QED) is 0.847. The molecule has 23 heavy (non-hydrogen) atoms. The maximum atomic E-state index is 11.9. The Bertz CT molecular complexity index is 679. The van der Waals surface area contributed by atoms with Gasteiger partial charge in [-0.25, -0.2) is 4.79 Å². The van der Waals surface area contributed by atoms with Gasteiger partial charge in [0.25, 0.3) is 0 Å². The molecule has 1 amide bonds. The van der Waals surface area contributed by atoms with Gasteiger partial charge in [0.2, 0.25) is 0 Å². The summed E-state index contributed by atoms with van der Waals surface area (Å²) in [7, 11) is 0. The third-order valence-electron chi connectivity index (χ3n) is 3.06. The number of halogens is 1. The Morgan fingerprint density at radius 2 is 2.00 bits per heavy atom. The number of hydrogen-bond acceptors (Lipinski definition) is 4. The molecule has 120 valence electrons. The van der Waals surface area contributed by atoms with Gasteiger partial charge >= 0.3 is 12.1 Å². The van der Waals surface area contributed by atoms with Gasteiger partial charge in [-0.3, -0.25) is 9.78 Å². The molecule has 0 bridgehead atoms. The second kappa shape index (κ2) is 8.14. The number of carboxylic acid groups (broad SMARTS) is 1. The fraction of sp³-hybridized carbons (Fsp3) is 0.188. The van der Waals surface area contributed by atoms with Crippen LogP contribution in [0.25, 0.3) is 0 Å². The molecule has 1 atom stereocenters. The van der Waals surface area contributed by atoms with Crippen molar-refractivity contribution in [2.45, 2.75) is 19.1 Å². The van der Waals surface area contributed by atoms with Crippen molar-refractivity contribution in [1.82, 2.24) is 10.3 Å². The number of rotatable bonds is 6. The molecule has 1 aromatic heterocycles. The maximum Gasteiger partial charge on any atom is 0.407 e. The summed E-state index contributed by atoms with van der Waals surface area (Å²) in [5.74, 6) is -1.06. The number of alkyl carbamates (subject to hydrolysis) is 1. The van der Waals surface area contributed by atoms with Gasteiger partial charge in [0.05, 0.1) is 17.5 Å². The highest BCUT2D eigenvalue weighted by atomic mass is 35.5. The number of nitrogens with one attached hydrogen (secondary N) is 1. The van der Waals surface area contributed by atoms with Crippen LogP contribution >= 0.6 is 11.6 Å². The molecule has 1 aromatic carbocycles. The Hall–Kier alpha value is -2.60. The largest absolute Gasteiger partial charge is 0.481 e. The maximum absolute atomic E-state index is 11.9. The van der Waals surface area contributed by atoms with Crippen LogP contribution < -0.4 is 5.32 Å². The molecule has 1 heterocycles. The monoisotopic (exact) mass is 334 g/mol. The highest BCUT2D eigenvalue weighted by Gasteiger charge is 2.21. The Morgan fingerprint density at radius 3 is 2.65 bits per heavy atom. The van der Waals surface area contributed by atoms with Crippen LogP contribution in [0.15, 0.2) is 48.8 Å². The van der Waals surface area contributed by atoms with E-state index < -0.39 is 18.1 Å². The number of carbonyl (C=O) groups is 2. The molecule has 0 fully saturated rings. The van der Waals surface area contributed by atoms with Gasteiger partial charge in [-0.15, -0.1) is 0 Å². The molecule has 0 spiro atoms. The number of carbonyl (C=O) groups excluding carboxylic acids is 1. The van der Waals surface area contributed by atoms with Crippen molar-refractivity contribution in [3.8, 4) is 0 Å². The third kappa shape index (κ3) is 5.27. The summed E-state index contributed by atoms with van der Waals surface area (Å²) in [5.41, 5.74) is 1.31. The zero-order chi connectivity index (χ0) is 16.7. The van der Waals surface area contributed by atoms with E-state index >= 15 is 0 Å². The first kappa shape index (κ1) is 16.8. The van der Waals surface area contributed by atoms with Crippen LogP contribution in [0, 0.1) is 0 Å². The van der Waals surface area contributed by atoms with E-state index in [4.69, 9.17) is 21.4 Å². The Kier molecular flexibility index (Phi) is 5.94. The molecule has 0 aliphatic heterocycles. The number of nitrogens with zero attached hydrogens (tertiary/aromatic N) is 1. The zero-order valence-electron chi connectivity index (χ0n) is 12.1. The van der Waals surface area contributed by atoms with E-state index in [-0.39, 0.29) is 18.1 Å². The number of amides is 1. The first-order valence-electron chi connectivity index (χ1n) is 6.84. The van der Waals surface area contributed by atoms with Crippen LogP contribution in [0.1, 0.15) is 23.6 Å². The number of benzene rings is 1. The highest BCUT2D eigenvalue weighted by Crippen LogP contribution is 2.24. The van der Waals surface area contributed by atoms with Gasteiger partial charge in [-0.1, -0.05) is 41.9 Å². The minimum absolute atomic E-state index is 0.0938. The lowest BCUT2D eigenvalue weighted by Gasteiger charge is -2.18. The molecule has 6 nitrogen and oxygen atoms in total. The summed E-state index contributed by atoms with van der Waals surface area (Å²) < 4.78 is 5.10. The minimum Gasteiger partial charge on any atom is -0.481 e. The Balaban J connectivity index is 2.01. The number of carboxylic acids is 1. The van der Waals surface area contributed by atoms with E-state index in [9.17, 15) is 9.59 Å². The Morgan fingerprint density at radius 1 is 1.26 bits per heavy atom. The highest BCUT2D eigenvalue weighted by molar-refractivity contribution is 6.31. The van der Waals surface area contributed by atoms with Gasteiger partial charge in [-0.05, 0) is 17.2 Å². The van der Waals surface area contributed by atoms with Crippen LogP contribution in [0.3, 0.4) is 0 Å². The van der Waals surface area contributed by atoms with Crippen molar-refractivity contribution < 1.29 is 19.4 Å². The van der Waals surface area contributed by atoms with Crippen molar-refractivity contribution >= 4 is 23.7 Å². The van der Waals surface area contributed by atoms with Gasteiger partial charge in [0.15, 0.2) is 0 Å². The van der Waals surface area contributed by atoms with E-state index in [1.54, 1.807) is 6.07 Å². The van der Waals surface area contributed by atoms with Gasteiger partial charge < -0.3 is 15.2 Å². The molecular formula is C16H15ClN2O4. The van der Waals surface area contributed by atoms with E-state index in [0.29, 0.717) is 5.56 Å². The molecule has 0 radical (unpaired) electrons. The SMILES string of the molecule is O=C(O)C[C@@H](NC(=O)OCc1ccccc1)c1ccncc1Cl. The average molecular weight is 335 g/mol. The molecule has 2 aromatic rings. The van der Waals surface area contributed by atoms with Crippen LogP contribution in [0.2, 0.25) is 5.02 Å². The summed E-state index contributed by atoms with van der Waals surface area (Å²) in [5, 5.41) is 11.8. The van der Waals surface area contributed by atoms with Crippen molar-refractivity contribution in [1.29, 1.82) is 0 Å². The van der Waals surface area contributed by atoms with E-state index in [1.807, 2.05) is 30.3 Å². The predicted octanol–water partition coefficient (Wildman–Crippen LogP) is 3.18. The molecule has 7 heteroatoms. The summed E-state index contributed by atoms with van der Waals surface area (Å²) in [6.45, 7) is 0.0938. The second-order valence-corrected chi connectivity index (χ2v) is 5.16. The fourth-order valence-electron chi connectivity index (χ4n) is 1.99. The Labute approximate surface area is 138 Å². The van der Waals surface area contributed by atoms with Crippen LogP contribution in [-0.2, 0) is 16.1 Å². The second-order valence-electron chi connectivity index (χ2n) is 4.75. The van der Waals surface area contributed by atoms with Crippen LogP contribution in [-0.4, -0.2) is 22.2 Å². The lowest BCUT2D eigenvalue weighted by molar-refractivity contribution is -0.137. The van der Waals surface area contributed by atoms with Crippen LogP contribution in [0.5, 0.6) is 0 Å². The third-order valence-corrected chi connectivity index (χ3v) is 3.38. The van der Waals surface area contributed by atoms with Crippen LogP contribution in [0.4, 0.5) is 4.79 Å². The lowest BCUT2D eigenvalue weighted by Crippen LogP contribution is -2.30. The van der Waals surface area contributed by atoms with Crippen molar-refractivity contribution in [3.05, 3.63) is 64.9 Å². The number of aromatic nitrogens is 1. The molecule has 2 N–H and O–H groups in total. The molecule has 0 aliphatic carbocycles. The molecule has 0 saturated heterocycles. The number of ether oxygens (including phenoxy) is 1. The van der Waals surface area contributed by atoms with Gasteiger partial charge in [0, 0.05) is 12.4 Å².